The number of methoxy groups -OCH3 is 2. The van der Waals surface area contributed by atoms with E-state index in [4.69, 9.17) is 9.47 Å². The van der Waals surface area contributed by atoms with Gasteiger partial charge in [-0.2, -0.15) is 4.31 Å². The molecule has 1 heterocycles. The minimum Gasteiger partial charge on any atom is -0.497 e. The van der Waals surface area contributed by atoms with Gasteiger partial charge in [0.2, 0.25) is 15.9 Å². The Hall–Kier alpha value is -2.58. The highest BCUT2D eigenvalue weighted by Crippen LogP contribution is 2.29. The van der Waals surface area contributed by atoms with Crippen LogP contribution in [0, 0.1) is 6.92 Å². The number of sulfonamides is 1. The maximum absolute atomic E-state index is 13.2. The fourth-order valence-corrected chi connectivity index (χ4v) is 5.34. The number of nitrogens with zero attached hydrogens (tertiary/aromatic N) is 2. The van der Waals surface area contributed by atoms with Crippen molar-refractivity contribution in [3.8, 4) is 11.5 Å². The van der Waals surface area contributed by atoms with Gasteiger partial charge in [-0.05, 0) is 44.0 Å². The summed E-state index contributed by atoms with van der Waals surface area (Å²) in [6, 6.07) is 11.4. The van der Waals surface area contributed by atoms with Crippen molar-refractivity contribution in [1.82, 2.24) is 9.21 Å². The molecule has 162 valence electrons. The van der Waals surface area contributed by atoms with Crippen LogP contribution in [0.5, 0.6) is 11.5 Å². The summed E-state index contributed by atoms with van der Waals surface area (Å²) in [5.41, 5.74) is 1.80. The fourth-order valence-electron chi connectivity index (χ4n) is 3.69. The lowest BCUT2D eigenvalue weighted by molar-refractivity contribution is -0.133. The summed E-state index contributed by atoms with van der Waals surface area (Å²) in [6.07, 6.45) is 1.16. The third-order valence-electron chi connectivity index (χ3n) is 5.39. The number of carbonyl (C=O) groups excluding carboxylic acids is 1. The summed E-state index contributed by atoms with van der Waals surface area (Å²) in [6.45, 7) is 2.55. The smallest absolute Gasteiger partial charge is 0.243 e. The molecular weight excluding hydrogens is 404 g/mol. The summed E-state index contributed by atoms with van der Waals surface area (Å²) in [4.78, 5) is 14.9. The van der Waals surface area contributed by atoms with Gasteiger partial charge in [0.1, 0.15) is 17.5 Å². The summed E-state index contributed by atoms with van der Waals surface area (Å²) >= 11 is 0. The molecule has 1 amide bonds. The molecule has 0 saturated carbocycles. The number of aryl methyl sites for hydroxylation is 1. The molecule has 0 unspecified atom stereocenters. The van der Waals surface area contributed by atoms with Gasteiger partial charge in [0, 0.05) is 31.8 Å². The van der Waals surface area contributed by atoms with Crippen LogP contribution in [-0.4, -0.2) is 57.4 Å². The first-order chi connectivity index (χ1) is 14.3. The molecule has 1 saturated heterocycles. The Balaban J connectivity index is 1.79. The van der Waals surface area contributed by atoms with Crippen LogP contribution in [0.4, 0.5) is 0 Å². The molecule has 1 fully saturated rings. The number of ether oxygens (including phenoxy) is 2. The Kier molecular flexibility index (Phi) is 6.67. The molecular formula is C22H28N2O5S. The predicted octanol–water partition coefficient (Wildman–Crippen LogP) is 2.82. The summed E-state index contributed by atoms with van der Waals surface area (Å²) < 4.78 is 38.2. The second kappa shape index (κ2) is 9.06. The average Bonchev–Trinajstić information content (AvgIpc) is 3.24. The first-order valence-corrected chi connectivity index (χ1v) is 11.3. The molecule has 0 aromatic heterocycles. The van der Waals surface area contributed by atoms with Crippen molar-refractivity contribution >= 4 is 15.9 Å². The molecule has 0 bridgehead atoms. The van der Waals surface area contributed by atoms with Gasteiger partial charge in [0.25, 0.3) is 0 Å². The Morgan fingerprint density at radius 2 is 1.83 bits per heavy atom. The molecule has 1 aliphatic heterocycles. The molecule has 0 N–H and O–H groups in total. The lowest BCUT2D eigenvalue weighted by Crippen LogP contribution is -2.46. The highest BCUT2D eigenvalue weighted by atomic mass is 32.2. The fraction of sp³-hybridized carbons (Fsp3) is 0.409. The third-order valence-corrected chi connectivity index (χ3v) is 7.32. The van der Waals surface area contributed by atoms with Crippen molar-refractivity contribution in [2.24, 2.45) is 0 Å². The van der Waals surface area contributed by atoms with E-state index in [1.54, 1.807) is 62.6 Å². The lowest BCUT2D eigenvalue weighted by Gasteiger charge is -2.28. The van der Waals surface area contributed by atoms with Crippen molar-refractivity contribution in [1.29, 1.82) is 0 Å². The summed E-state index contributed by atoms with van der Waals surface area (Å²) in [5, 5.41) is 0. The van der Waals surface area contributed by atoms with E-state index in [1.807, 2.05) is 13.0 Å². The summed E-state index contributed by atoms with van der Waals surface area (Å²) in [7, 11) is 1.09. The van der Waals surface area contributed by atoms with E-state index in [2.05, 4.69) is 0 Å². The quantitative estimate of drug-likeness (QED) is 0.673. The molecule has 1 atom stereocenters. The van der Waals surface area contributed by atoms with E-state index in [1.165, 1.54) is 4.31 Å². The van der Waals surface area contributed by atoms with Gasteiger partial charge in [0.05, 0.1) is 19.1 Å². The molecule has 0 spiro atoms. The van der Waals surface area contributed by atoms with Crippen LogP contribution in [0.25, 0.3) is 0 Å². The zero-order valence-corrected chi connectivity index (χ0v) is 18.6. The van der Waals surface area contributed by atoms with E-state index < -0.39 is 16.1 Å². The van der Waals surface area contributed by atoms with Crippen molar-refractivity contribution in [2.75, 3.05) is 27.8 Å². The van der Waals surface area contributed by atoms with Gasteiger partial charge in [-0.1, -0.05) is 17.7 Å². The summed E-state index contributed by atoms with van der Waals surface area (Å²) in [5.74, 6) is 1.06. The number of likely N-dealkylation sites (N-methyl/N-ethyl adjacent to an activating group) is 1. The second-order valence-corrected chi connectivity index (χ2v) is 9.35. The molecule has 2 aromatic carbocycles. The van der Waals surface area contributed by atoms with Crippen molar-refractivity contribution in [2.45, 2.75) is 37.2 Å². The SMILES string of the molecule is COc1ccc(CN(C)C(=O)[C@@H]2CCCN2S(=O)(=O)c2ccc(C)cc2)c(OC)c1. The molecule has 7 nitrogen and oxygen atoms in total. The Bertz CT molecular complexity index is 1000. The van der Waals surface area contributed by atoms with Crippen LogP contribution in [0.3, 0.4) is 0 Å². The largest absolute Gasteiger partial charge is 0.497 e. The van der Waals surface area contributed by atoms with E-state index in [9.17, 15) is 13.2 Å². The van der Waals surface area contributed by atoms with Gasteiger partial charge >= 0.3 is 0 Å². The Morgan fingerprint density at radius 3 is 2.47 bits per heavy atom. The van der Waals surface area contributed by atoms with Crippen LogP contribution >= 0.6 is 0 Å². The second-order valence-electron chi connectivity index (χ2n) is 7.46. The Labute approximate surface area is 178 Å². The number of benzene rings is 2. The van der Waals surface area contributed by atoms with E-state index in [0.717, 1.165) is 11.1 Å². The molecule has 8 heteroatoms. The number of rotatable bonds is 7. The van der Waals surface area contributed by atoms with E-state index >= 15 is 0 Å². The average molecular weight is 433 g/mol. The van der Waals surface area contributed by atoms with Crippen molar-refractivity contribution in [3.05, 3.63) is 53.6 Å². The molecule has 0 radical (unpaired) electrons. The zero-order valence-electron chi connectivity index (χ0n) is 17.8. The minimum atomic E-state index is -3.73. The number of hydrogen-bond acceptors (Lipinski definition) is 5. The Morgan fingerprint density at radius 1 is 1.13 bits per heavy atom. The van der Waals surface area contributed by atoms with Crippen LogP contribution in [0.1, 0.15) is 24.0 Å². The van der Waals surface area contributed by atoms with Gasteiger partial charge in [-0.15, -0.1) is 0 Å². The molecule has 3 rings (SSSR count). The highest BCUT2D eigenvalue weighted by molar-refractivity contribution is 7.89. The highest BCUT2D eigenvalue weighted by Gasteiger charge is 2.40. The van der Waals surface area contributed by atoms with Crippen LogP contribution in [0.2, 0.25) is 0 Å². The first kappa shape index (κ1) is 22.1. The first-order valence-electron chi connectivity index (χ1n) is 9.82. The van der Waals surface area contributed by atoms with E-state index in [0.29, 0.717) is 37.4 Å². The normalized spacial score (nSPS) is 17.0. The van der Waals surface area contributed by atoms with Gasteiger partial charge in [-0.25, -0.2) is 8.42 Å². The van der Waals surface area contributed by atoms with Crippen LogP contribution in [-0.2, 0) is 21.4 Å². The standard InChI is InChI=1S/C22H28N2O5S/c1-16-7-11-19(12-8-16)30(26,27)24-13-5-6-20(24)22(25)23(2)15-17-9-10-18(28-3)14-21(17)29-4/h7-12,14,20H,5-6,13,15H2,1-4H3/t20-/m0/s1. The monoisotopic (exact) mass is 432 g/mol. The molecule has 1 aliphatic rings. The van der Waals surface area contributed by atoms with Gasteiger partial charge in [-0.3, -0.25) is 4.79 Å². The minimum absolute atomic E-state index is 0.215. The van der Waals surface area contributed by atoms with Gasteiger partial charge in [0.15, 0.2) is 0 Å². The zero-order chi connectivity index (χ0) is 21.9. The number of carbonyl (C=O) groups is 1. The van der Waals surface area contributed by atoms with Gasteiger partial charge < -0.3 is 14.4 Å². The van der Waals surface area contributed by atoms with Crippen molar-refractivity contribution < 1.29 is 22.7 Å². The van der Waals surface area contributed by atoms with E-state index in [-0.39, 0.29) is 10.8 Å². The topological polar surface area (TPSA) is 76.2 Å². The molecule has 30 heavy (non-hydrogen) atoms. The van der Waals surface area contributed by atoms with Crippen LogP contribution in [0.15, 0.2) is 47.4 Å². The molecule has 2 aromatic rings. The van der Waals surface area contributed by atoms with Crippen molar-refractivity contribution in [3.63, 3.8) is 0 Å². The number of hydrogen-bond donors (Lipinski definition) is 0. The lowest BCUT2D eigenvalue weighted by atomic mass is 10.1. The maximum atomic E-state index is 13.2. The van der Waals surface area contributed by atoms with Crippen LogP contribution < -0.4 is 9.47 Å². The predicted molar refractivity (Wildman–Crippen MR) is 114 cm³/mol. The maximum Gasteiger partial charge on any atom is 0.243 e. The number of amides is 1. The third kappa shape index (κ3) is 4.44. The molecule has 0 aliphatic carbocycles.